The number of carbonyl (C=O) groups excluding carboxylic acids is 3. The highest BCUT2D eigenvalue weighted by Gasteiger charge is 2.12. The van der Waals surface area contributed by atoms with Crippen LogP contribution < -0.4 is 15.5 Å². The minimum Gasteiger partial charge on any atom is -0.422 e. The zero-order chi connectivity index (χ0) is 27.1. The summed E-state index contributed by atoms with van der Waals surface area (Å²) >= 11 is 6.73. The average Bonchev–Trinajstić information content (AvgIpc) is 2.91. The van der Waals surface area contributed by atoms with E-state index >= 15 is 0 Å². The molecule has 2 amide bonds. The van der Waals surface area contributed by atoms with E-state index in [9.17, 15) is 14.4 Å². The Kier molecular flexibility index (Phi) is 8.83. The van der Waals surface area contributed by atoms with Crippen LogP contribution in [0.4, 0.5) is 5.69 Å². The second-order valence-electron chi connectivity index (χ2n) is 8.18. The van der Waals surface area contributed by atoms with Crippen molar-refractivity contribution in [1.29, 1.82) is 0 Å². The van der Waals surface area contributed by atoms with Gasteiger partial charge in [0.15, 0.2) is 0 Å². The standard InChI is InChI=1S/C29H21Br2N3O4/c1-18-2-4-21(5-3-18)29(37)38-26-15-12-24(31)16-22(26)17-32-34-28(36)20-8-13-25(14-9-20)33-27(35)19-6-10-23(30)11-7-19/h2-17H,1H3,(H,33,35)(H,34,36)/b32-17-. The minimum atomic E-state index is -0.502. The van der Waals surface area contributed by atoms with E-state index in [1.807, 2.05) is 19.1 Å². The number of esters is 1. The highest BCUT2D eigenvalue weighted by Crippen LogP contribution is 2.23. The van der Waals surface area contributed by atoms with E-state index < -0.39 is 11.9 Å². The summed E-state index contributed by atoms with van der Waals surface area (Å²) in [6.07, 6.45) is 1.40. The molecular weight excluding hydrogens is 614 g/mol. The first-order valence-corrected chi connectivity index (χ1v) is 13.0. The predicted octanol–water partition coefficient (Wildman–Crippen LogP) is 6.76. The van der Waals surface area contributed by atoms with Crippen LogP contribution in [-0.2, 0) is 0 Å². The Morgan fingerprint density at radius 1 is 0.737 bits per heavy atom. The Hall–Kier alpha value is -4.08. The number of aryl methyl sites for hydroxylation is 1. The SMILES string of the molecule is Cc1ccc(C(=O)Oc2ccc(Br)cc2/C=N\NC(=O)c2ccc(NC(=O)c3ccc(Br)cc3)cc2)cc1. The number of ether oxygens (including phenoxy) is 1. The van der Waals surface area contributed by atoms with Gasteiger partial charge in [-0.3, -0.25) is 9.59 Å². The molecule has 38 heavy (non-hydrogen) atoms. The first-order chi connectivity index (χ1) is 18.3. The Morgan fingerprint density at radius 3 is 2.00 bits per heavy atom. The number of hydrogen-bond acceptors (Lipinski definition) is 5. The topological polar surface area (TPSA) is 96.9 Å². The van der Waals surface area contributed by atoms with Gasteiger partial charge < -0.3 is 10.1 Å². The van der Waals surface area contributed by atoms with Crippen LogP contribution in [0.3, 0.4) is 0 Å². The number of rotatable bonds is 7. The Morgan fingerprint density at radius 2 is 1.32 bits per heavy atom. The van der Waals surface area contributed by atoms with Gasteiger partial charge in [0.1, 0.15) is 5.75 Å². The van der Waals surface area contributed by atoms with E-state index in [1.54, 1.807) is 78.9 Å². The second kappa shape index (κ2) is 12.4. The fourth-order valence-corrected chi connectivity index (χ4v) is 3.94. The molecule has 4 rings (SSSR count). The number of benzene rings is 4. The molecule has 0 radical (unpaired) electrons. The third kappa shape index (κ3) is 7.24. The lowest BCUT2D eigenvalue weighted by Crippen LogP contribution is -2.18. The molecule has 0 aliphatic heterocycles. The number of hydrogen-bond donors (Lipinski definition) is 2. The zero-order valence-corrected chi connectivity index (χ0v) is 23.2. The molecule has 9 heteroatoms. The van der Waals surface area contributed by atoms with E-state index in [0.29, 0.717) is 33.7 Å². The fourth-order valence-electron chi connectivity index (χ4n) is 3.30. The van der Waals surface area contributed by atoms with Crippen molar-refractivity contribution in [3.63, 3.8) is 0 Å². The van der Waals surface area contributed by atoms with E-state index in [1.165, 1.54) is 6.21 Å². The summed E-state index contributed by atoms with van der Waals surface area (Å²) in [5.41, 5.74) is 5.82. The lowest BCUT2D eigenvalue weighted by Gasteiger charge is -2.08. The molecule has 0 spiro atoms. The van der Waals surface area contributed by atoms with E-state index in [2.05, 4.69) is 47.7 Å². The average molecular weight is 635 g/mol. The number of hydrazone groups is 1. The lowest BCUT2D eigenvalue weighted by atomic mass is 10.1. The van der Waals surface area contributed by atoms with Gasteiger partial charge in [0.05, 0.1) is 11.8 Å². The molecule has 2 N–H and O–H groups in total. The maximum absolute atomic E-state index is 12.6. The van der Waals surface area contributed by atoms with E-state index in [0.717, 1.165) is 14.5 Å². The fraction of sp³-hybridized carbons (Fsp3) is 0.0345. The number of halogens is 2. The quantitative estimate of drug-likeness (QED) is 0.102. The molecule has 0 saturated heterocycles. The van der Waals surface area contributed by atoms with Crippen molar-refractivity contribution in [3.8, 4) is 5.75 Å². The molecule has 0 bridgehead atoms. The molecule has 7 nitrogen and oxygen atoms in total. The molecule has 4 aromatic carbocycles. The third-order valence-electron chi connectivity index (χ3n) is 5.34. The van der Waals surface area contributed by atoms with Crippen molar-refractivity contribution in [2.24, 2.45) is 5.10 Å². The van der Waals surface area contributed by atoms with Crippen LogP contribution in [0, 0.1) is 6.92 Å². The first-order valence-electron chi connectivity index (χ1n) is 11.4. The first kappa shape index (κ1) is 27.0. The highest BCUT2D eigenvalue weighted by atomic mass is 79.9. The van der Waals surface area contributed by atoms with Crippen molar-refractivity contribution in [2.75, 3.05) is 5.32 Å². The Labute approximate surface area is 236 Å². The summed E-state index contributed by atoms with van der Waals surface area (Å²) in [5, 5.41) is 6.81. The van der Waals surface area contributed by atoms with Gasteiger partial charge in [0.25, 0.3) is 11.8 Å². The van der Waals surface area contributed by atoms with Crippen LogP contribution >= 0.6 is 31.9 Å². The molecule has 0 atom stereocenters. The summed E-state index contributed by atoms with van der Waals surface area (Å²) in [6, 6.07) is 25.6. The zero-order valence-electron chi connectivity index (χ0n) is 20.1. The summed E-state index contributed by atoms with van der Waals surface area (Å²) in [6.45, 7) is 1.93. The molecule has 0 heterocycles. The van der Waals surface area contributed by atoms with Crippen LogP contribution in [0.5, 0.6) is 5.75 Å². The number of nitrogens with one attached hydrogen (secondary N) is 2. The molecule has 4 aromatic rings. The van der Waals surface area contributed by atoms with Gasteiger partial charge in [-0.2, -0.15) is 5.10 Å². The number of anilines is 1. The molecule has 0 fully saturated rings. The maximum Gasteiger partial charge on any atom is 0.343 e. The van der Waals surface area contributed by atoms with Crippen LogP contribution in [0.1, 0.15) is 42.2 Å². The van der Waals surface area contributed by atoms with Gasteiger partial charge in [0.2, 0.25) is 0 Å². The molecule has 0 unspecified atom stereocenters. The van der Waals surface area contributed by atoms with Gasteiger partial charge in [0, 0.05) is 31.3 Å². The van der Waals surface area contributed by atoms with Gasteiger partial charge in [-0.05, 0) is 85.8 Å². The predicted molar refractivity (Wildman–Crippen MR) is 154 cm³/mol. The van der Waals surface area contributed by atoms with Crippen molar-refractivity contribution < 1.29 is 19.1 Å². The van der Waals surface area contributed by atoms with Crippen molar-refractivity contribution >= 4 is 61.5 Å². The monoisotopic (exact) mass is 633 g/mol. The van der Waals surface area contributed by atoms with Gasteiger partial charge in [-0.1, -0.05) is 49.6 Å². The summed E-state index contributed by atoms with van der Waals surface area (Å²) in [7, 11) is 0. The Bertz CT molecular complexity index is 1500. The number of nitrogens with zero attached hydrogens (tertiary/aromatic N) is 1. The largest absolute Gasteiger partial charge is 0.422 e. The minimum absolute atomic E-state index is 0.257. The van der Waals surface area contributed by atoms with Crippen LogP contribution in [0.2, 0.25) is 0 Å². The normalized spacial score (nSPS) is 10.7. The molecule has 0 aromatic heterocycles. The van der Waals surface area contributed by atoms with E-state index in [4.69, 9.17) is 4.74 Å². The van der Waals surface area contributed by atoms with Crippen molar-refractivity contribution in [2.45, 2.75) is 6.92 Å². The molecular formula is C29H21Br2N3O4. The lowest BCUT2D eigenvalue weighted by molar-refractivity contribution is 0.0734. The molecule has 0 aliphatic carbocycles. The van der Waals surface area contributed by atoms with Crippen LogP contribution in [0.15, 0.2) is 105 Å². The van der Waals surface area contributed by atoms with Gasteiger partial charge in [-0.15, -0.1) is 0 Å². The number of carbonyl (C=O) groups is 3. The van der Waals surface area contributed by atoms with Crippen LogP contribution in [-0.4, -0.2) is 24.0 Å². The summed E-state index contributed by atoms with van der Waals surface area (Å²) in [5.74, 6) is -0.909. The highest BCUT2D eigenvalue weighted by molar-refractivity contribution is 9.10. The smallest absolute Gasteiger partial charge is 0.343 e. The van der Waals surface area contributed by atoms with Gasteiger partial charge >= 0.3 is 5.97 Å². The molecule has 0 saturated carbocycles. The van der Waals surface area contributed by atoms with E-state index in [-0.39, 0.29) is 5.91 Å². The summed E-state index contributed by atoms with van der Waals surface area (Å²) in [4.78, 5) is 37.5. The molecule has 190 valence electrons. The van der Waals surface area contributed by atoms with Crippen molar-refractivity contribution in [1.82, 2.24) is 5.43 Å². The number of amides is 2. The van der Waals surface area contributed by atoms with Crippen molar-refractivity contribution in [3.05, 3.63) is 128 Å². The third-order valence-corrected chi connectivity index (χ3v) is 6.36. The second-order valence-corrected chi connectivity index (χ2v) is 10.0. The summed E-state index contributed by atoms with van der Waals surface area (Å²) < 4.78 is 7.18. The maximum atomic E-state index is 12.6. The van der Waals surface area contributed by atoms with Gasteiger partial charge in [-0.25, -0.2) is 10.2 Å². The van der Waals surface area contributed by atoms with Crippen LogP contribution in [0.25, 0.3) is 0 Å². The molecule has 0 aliphatic rings. The Balaban J connectivity index is 1.38.